The Morgan fingerprint density at radius 2 is 1.89 bits per heavy atom. The van der Waals surface area contributed by atoms with Crippen LogP contribution < -0.4 is 5.32 Å². The highest BCUT2D eigenvalue weighted by Crippen LogP contribution is 2.10. The quantitative estimate of drug-likeness (QED) is 0.822. The molecule has 0 saturated carbocycles. The highest BCUT2D eigenvalue weighted by atomic mass is 19.1. The van der Waals surface area contributed by atoms with Crippen molar-refractivity contribution in [1.29, 1.82) is 0 Å². The number of benzene rings is 1. The van der Waals surface area contributed by atoms with Gasteiger partial charge in [-0.05, 0) is 50.0 Å². The third-order valence-corrected chi connectivity index (χ3v) is 3.87. The van der Waals surface area contributed by atoms with Crippen LogP contribution in [0.2, 0.25) is 0 Å². The second-order valence-corrected chi connectivity index (χ2v) is 5.52. The van der Waals surface area contributed by atoms with Crippen LogP contribution in [0.15, 0.2) is 18.2 Å². The van der Waals surface area contributed by atoms with Crippen molar-refractivity contribution in [2.24, 2.45) is 0 Å². The molecule has 0 bridgehead atoms. The summed E-state index contributed by atoms with van der Waals surface area (Å²) in [5.41, 5.74) is 1.74. The molecule has 19 heavy (non-hydrogen) atoms. The summed E-state index contributed by atoms with van der Waals surface area (Å²) >= 11 is 0. The van der Waals surface area contributed by atoms with Crippen LogP contribution in [0, 0.1) is 12.7 Å². The van der Waals surface area contributed by atoms with Crippen molar-refractivity contribution in [3.8, 4) is 0 Å². The van der Waals surface area contributed by atoms with E-state index in [1.54, 1.807) is 13.0 Å². The lowest BCUT2D eigenvalue weighted by Gasteiger charge is -2.19. The van der Waals surface area contributed by atoms with E-state index in [0.29, 0.717) is 5.56 Å². The zero-order valence-corrected chi connectivity index (χ0v) is 11.9. The van der Waals surface area contributed by atoms with Crippen LogP contribution in [0.3, 0.4) is 0 Å². The molecule has 106 valence electrons. The molecule has 2 rings (SSSR count). The fourth-order valence-electron chi connectivity index (χ4n) is 2.58. The van der Waals surface area contributed by atoms with E-state index in [-0.39, 0.29) is 5.82 Å². The molecule has 1 aromatic rings. The Labute approximate surface area is 116 Å². The lowest BCUT2D eigenvalue weighted by atomic mass is 10.1. The molecule has 1 heterocycles. The van der Waals surface area contributed by atoms with Crippen LogP contribution in [0.25, 0.3) is 0 Å². The maximum absolute atomic E-state index is 13.4. The van der Waals surface area contributed by atoms with E-state index in [1.807, 2.05) is 12.1 Å². The van der Waals surface area contributed by atoms with Gasteiger partial charge in [-0.25, -0.2) is 4.39 Å². The summed E-state index contributed by atoms with van der Waals surface area (Å²) in [4.78, 5) is 2.54. The van der Waals surface area contributed by atoms with Crippen LogP contribution in [0.1, 0.15) is 36.8 Å². The van der Waals surface area contributed by atoms with E-state index < -0.39 is 0 Å². The minimum absolute atomic E-state index is 0.105. The lowest BCUT2D eigenvalue weighted by molar-refractivity contribution is 0.284. The van der Waals surface area contributed by atoms with Crippen molar-refractivity contribution in [2.45, 2.75) is 39.2 Å². The zero-order valence-electron chi connectivity index (χ0n) is 11.9. The Morgan fingerprint density at radius 3 is 2.58 bits per heavy atom. The summed E-state index contributed by atoms with van der Waals surface area (Å²) in [6.45, 7) is 7.11. The smallest absolute Gasteiger partial charge is 0.126 e. The number of nitrogens with one attached hydrogen (secondary N) is 1. The standard InChI is InChI=1S/C16H25FN2/c1-14-6-7-15(12-16(14)17)13-18-8-11-19-9-4-2-3-5-10-19/h6-7,12,18H,2-5,8-11,13H2,1H3. The third kappa shape index (κ3) is 4.92. The van der Waals surface area contributed by atoms with Gasteiger partial charge in [-0.1, -0.05) is 25.0 Å². The highest BCUT2D eigenvalue weighted by Gasteiger charge is 2.07. The first-order valence-corrected chi connectivity index (χ1v) is 7.44. The van der Waals surface area contributed by atoms with Crippen molar-refractivity contribution in [1.82, 2.24) is 10.2 Å². The van der Waals surface area contributed by atoms with E-state index in [4.69, 9.17) is 0 Å². The maximum Gasteiger partial charge on any atom is 0.126 e. The highest BCUT2D eigenvalue weighted by molar-refractivity contribution is 5.23. The van der Waals surface area contributed by atoms with Gasteiger partial charge in [0, 0.05) is 19.6 Å². The Hall–Kier alpha value is -0.930. The molecule has 3 heteroatoms. The minimum atomic E-state index is -0.105. The summed E-state index contributed by atoms with van der Waals surface area (Å²) in [7, 11) is 0. The predicted octanol–water partition coefficient (Wildman–Crippen LogP) is 3.10. The average Bonchev–Trinajstić information content (AvgIpc) is 2.67. The van der Waals surface area contributed by atoms with Crippen LogP contribution in [-0.2, 0) is 6.54 Å². The second-order valence-electron chi connectivity index (χ2n) is 5.52. The van der Waals surface area contributed by atoms with Gasteiger partial charge in [0.1, 0.15) is 5.82 Å². The van der Waals surface area contributed by atoms with Crippen molar-refractivity contribution in [3.05, 3.63) is 35.1 Å². The normalized spacial score (nSPS) is 17.4. The molecule has 2 nitrogen and oxygen atoms in total. The Kier molecular flexibility index (Phi) is 5.80. The topological polar surface area (TPSA) is 15.3 Å². The van der Waals surface area contributed by atoms with Gasteiger partial charge in [-0.3, -0.25) is 0 Å². The molecule has 1 saturated heterocycles. The SMILES string of the molecule is Cc1ccc(CNCCN2CCCCCC2)cc1F. The van der Waals surface area contributed by atoms with Gasteiger partial charge in [-0.2, -0.15) is 0 Å². The molecule has 0 radical (unpaired) electrons. The van der Waals surface area contributed by atoms with Crippen molar-refractivity contribution in [3.63, 3.8) is 0 Å². The van der Waals surface area contributed by atoms with E-state index in [9.17, 15) is 4.39 Å². The van der Waals surface area contributed by atoms with Crippen molar-refractivity contribution in [2.75, 3.05) is 26.2 Å². The van der Waals surface area contributed by atoms with Crippen molar-refractivity contribution < 1.29 is 4.39 Å². The summed E-state index contributed by atoms with van der Waals surface area (Å²) in [6.07, 6.45) is 5.44. The van der Waals surface area contributed by atoms with E-state index in [1.165, 1.54) is 38.8 Å². The molecule has 1 aliphatic heterocycles. The van der Waals surface area contributed by atoms with E-state index >= 15 is 0 Å². The molecule has 1 aliphatic rings. The fourth-order valence-corrected chi connectivity index (χ4v) is 2.58. The minimum Gasteiger partial charge on any atom is -0.311 e. The number of nitrogens with zero attached hydrogens (tertiary/aromatic N) is 1. The van der Waals surface area contributed by atoms with Gasteiger partial charge in [0.25, 0.3) is 0 Å². The summed E-state index contributed by atoms with van der Waals surface area (Å²) in [5, 5.41) is 3.41. The molecule has 0 unspecified atom stereocenters. The molecular weight excluding hydrogens is 239 g/mol. The van der Waals surface area contributed by atoms with E-state index in [2.05, 4.69) is 10.2 Å². The molecular formula is C16H25FN2. The van der Waals surface area contributed by atoms with Gasteiger partial charge < -0.3 is 10.2 Å². The first-order chi connectivity index (χ1) is 9.25. The van der Waals surface area contributed by atoms with Gasteiger partial charge in [0.2, 0.25) is 0 Å². The van der Waals surface area contributed by atoms with Crippen LogP contribution in [-0.4, -0.2) is 31.1 Å². The predicted molar refractivity (Wildman–Crippen MR) is 77.8 cm³/mol. The Bertz CT molecular complexity index is 384. The molecule has 0 aromatic heterocycles. The average molecular weight is 264 g/mol. The van der Waals surface area contributed by atoms with Gasteiger partial charge in [0.15, 0.2) is 0 Å². The maximum atomic E-state index is 13.4. The van der Waals surface area contributed by atoms with Gasteiger partial charge in [-0.15, -0.1) is 0 Å². The number of likely N-dealkylation sites (tertiary alicyclic amines) is 1. The number of hydrogen-bond donors (Lipinski definition) is 1. The molecule has 0 aliphatic carbocycles. The molecule has 0 amide bonds. The number of rotatable bonds is 5. The third-order valence-electron chi connectivity index (χ3n) is 3.87. The summed E-state index contributed by atoms with van der Waals surface area (Å²) < 4.78 is 13.4. The summed E-state index contributed by atoms with van der Waals surface area (Å²) in [5.74, 6) is -0.105. The zero-order chi connectivity index (χ0) is 13.5. The molecule has 1 fully saturated rings. The number of hydrogen-bond acceptors (Lipinski definition) is 2. The van der Waals surface area contributed by atoms with Crippen LogP contribution in [0.4, 0.5) is 4.39 Å². The van der Waals surface area contributed by atoms with Crippen LogP contribution in [0.5, 0.6) is 0 Å². The van der Waals surface area contributed by atoms with Gasteiger partial charge >= 0.3 is 0 Å². The Balaban J connectivity index is 1.67. The molecule has 0 spiro atoms. The van der Waals surface area contributed by atoms with Gasteiger partial charge in [0.05, 0.1) is 0 Å². The lowest BCUT2D eigenvalue weighted by Crippen LogP contribution is -2.32. The first-order valence-electron chi connectivity index (χ1n) is 7.44. The molecule has 1 aromatic carbocycles. The van der Waals surface area contributed by atoms with Crippen molar-refractivity contribution >= 4 is 0 Å². The fraction of sp³-hybridized carbons (Fsp3) is 0.625. The van der Waals surface area contributed by atoms with Crippen LogP contribution >= 0.6 is 0 Å². The molecule has 1 N–H and O–H groups in total. The second kappa shape index (κ2) is 7.61. The first kappa shape index (κ1) is 14.5. The number of halogens is 1. The van der Waals surface area contributed by atoms with E-state index in [0.717, 1.165) is 25.2 Å². The summed E-state index contributed by atoms with van der Waals surface area (Å²) in [6, 6.07) is 5.48. The molecule has 0 atom stereocenters. The Morgan fingerprint density at radius 1 is 1.16 bits per heavy atom. The number of aryl methyl sites for hydroxylation is 1. The monoisotopic (exact) mass is 264 g/mol. The largest absolute Gasteiger partial charge is 0.311 e.